The lowest BCUT2D eigenvalue weighted by molar-refractivity contribution is -0.122. The molecule has 3 atom stereocenters. The lowest BCUT2D eigenvalue weighted by atomic mass is 10.0. The van der Waals surface area contributed by atoms with E-state index in [9.17, 15) is 9.00 Å². The van der Waals surface area contributed by atoms with Gasteiger partial charge in [-0.25, -0.2) is 0 Å². The van der Waals surface area contributed by atoms with E-state index < -0.39 is 24.4 Å². The number of rotatable bonds is 6. The minimum atomic E-state index is -2.66. The number of ketones is 1. The van der Waals surface area contributed by atoms with Gasteiger partial charge < -0.3 is 4.43 Å². The maximum absolute atomic E-state index is 12.7. The van der Waals surface area contributed by atoms with E-state index in [1.165, 1.54) is 10.4 Å². The summed E-state index contributed by atoms with van der Waals surface area (Å²) in [6.07, 6.45) is 1.22. The van der Waals surface area contributed by atoms with Crippen molar-refractivity contribution in [3.63, 3.8) is 0 Å². The third kappa shape index (κ3) is 4.53. The molecule has 1 saturated heterocycles. The van der Waals surface area contributed by atoms with Gasteiger partial charge in [-0.1, -0.05) is 95.3 Å². The number of carbonyl (C=O) groups is 1. The highest BCUT2D eigenvalue weighted by atomic mass is 32.2. The van der Waals surface area contributed by atoms with Gasteiger partial charge >= 0.3 is 0 Å². The first-order valence-corrected chi connectivity index (χ1v) is 14.2. The van der Waals surface area contributed by atoms with Crippen molar-refractivity contribution in [3.8, 4) is 0 Å². The second kappa shape index (κ2) is 9.29. The van der Waals surface area contributed by atoms with Crippen LogP contribution in [0.3, 0.4) is 0 Å². The van der Waals surface area contributed by atoms with Gasteiger partial charge in [0.1, 0.15) is 0 Å². The average molecular weight is 443 g/mol. The fraction of sp³-hybridized carbons (Fsp3) is 0.480. The molecular weight excluding hydrogens is 408 g/mol. The normalized spacial score (nSPS) is 22.8. The van der Waals surface area contributed by atoms with E-state index in [-0.39, 0.29) is 22.8 Å². The quantitative estimate of drug-likeness (QED) is 0.634. The zero-order chi connectivity index (χ0) is 21.9. The molecule has 0 bridgehead atoms. The molecule has 0 radical (unpaired) electrons. The topological polar surface area (TPSA) is 43.4 Å². The summed E-state index contributed by atoms with van der Waals surface area (Å²) in [5, 5.41) is 1.95. The summed E-state index contributed by atoms with van der Waals surface area (Å²) in [5.41, 5.74) is 0. The van der Waals surface area contributed by atoms with E-state index in [1.807, 2.05) is 26.0 Å². The van der Waals surface area contributed by atoms with Crippen LogP contribution in [-0.2, 0) is 20.0 Å². The lowest BCUT2D eigenvalue weighted by Crippen LogP contribution is -2.68. The first kappa shape index (κ1) is 23.1. The zero-order valence-electron chi connectivity index (χ0n) is 18.8. The Morgan fingerprint density at radius 2 is 1.50 bits per heavy atom. The zero-order valence-corrected chi connectivity index (χ0v) is 20.6. The Kier molecular flexibility index (Phi) is 7.15. The van der Waals surface area contributed by atoms with Crippen molar-refractivity contribution in [3.05, 3.63) is 60.7 Å². The summed E-state index contributed by atoms with van der Waals surface area (Å²) in [5.74, 6) is 0.529. The van der Waals surface area contributed by atoms with Gasteiger partial charge in [0.05, 0.1) is 5.25 Å². The minimum Gasteiger partial charge on any atom is -0.404 e. The fourth-order valence-electron chi connectivity index (χ4n) is 4.52. The van der Waals surface area contributed by atoms with Crippen molar-refractivity contribution < 1.29 is 13.4 Å². The molecule has 0 amide bonds. The van der Waals surface area contributed by atoms with Crippen LogP contribution in [0.5, 0.6) is 0 Å². The SMILES string of the molecule is CC(C)C(=O)C1C[C@@H](O[Si](c2ccccc2)(c2ccccc2)C(C)(C)C)CCS1=O. The first-order valence-electron chi connectivity index (χ1n) is 10.9. The highest BCUT2D eigenvalue weighted by molar-refractivity contribution is 7.86. The molecule has 1 aliphatic rings. The van der Waals surface area contributed by atoms with Gasteiger partial charge in [-0.2, -0.15) is 0 Å². The summed E-state index contributed by atoms with van der Waals surface area (Å²) in [4.78, 5) is 12.7. The molecule has 0 aromatic heterocycles. The number of Topliss-reactive ketones (excluding diaryl/α,β-unsaturated/α-hetero) is 1. The van der Waals surface area contributed by atoms with Gasteiger partial charge in [-0.05, 0) is 28.3 Å². The van der Waals surface area contributed by atoms with Crippen molar-refractivity contribution in [2.45, 2.75) is 63.9 Å². The van der Waals surface area contributed by atoms with Gasteiger partial charge in [-0.15, -0.1) is 0 Å². The van der Waals surface area contributed by atoms with Gasteiger partial charge in [0.25, 0.3) is 8.32 Å². The monoisotopic (exact) mass is 442 g/mol. The van der Waals surface area contributed by atoms with Crippen LogP contribution in [0.25, 0.3) is 0 Å². The van der Waals surface area contributed by atoms with E-state index in [0.29, 0.717) is 12.2 Å². The van der Waals surface area contributed by atoms with Crippen LogP contribution in [0.15, 0.2) is 60.7 Å². The van der Waals surface area contributed by atoms with E-state index in [0.717, 1.165) is 6.42 Å². The van der Waals surface area contributed by atoms with Crippen molar-refractivity contribution in [2.75, 3.05) is 5.75 Å². The van der Waals surface area contributed by atoms with Crippen molar-refractivity contribution in [1.82, 2.24) is 0 Å². The predicted octanol–water partition coefficient (Wildman–Crippen LogP) is 4.07. The maximum atomic E-state index is 12.7. The molecular formula is C25H34O3SSi. The Balaban J connectivity index is 2.06. The van der Waals surface area contributed by atoms with Crippen LogP contribution >= 0.6 is 0 Å². The highest BCUT2D eigenvalue weighted by Crippen LogP contribution is 2.39. The third-order valence-electron chi connectivity index (χ3n) is 6.08. The molecule has 162 valence electrons. The molecule has 2 aromatic carbocycles. The standard InChI is InChI=1S/C25H34O3SSi/c1-19(2)24(26)23-18-20(16-17-29(23)27)28-30(25(3,4)5,21-12-8-6-9-13-21)22-14-10-7-11-15-22/h6-15,19-20,23H,16-18H2,1-5H3/t20-,23?,29?/m0/s1. The molecule has 0 N–H and O–H groups in total. The Morgan fingerprint density at radius 3 is 1.93 bits per heavy atom. The van der Waals surface area contributed by atoms with Gasteiger partial charge in [-0.3, -0.25) is 9.00 Å². The Hall–Kier alpha value is -1.56. The highest BCUT2D eigenvalue weighted by Gasteiger charge is 2.52. The van der Waals surface area contributed by atoms with Gasteiger partial charge in [0, 0.05) is 28.6 Å². The molecule has 2 aromatic rings. The summed E-state index contributed by atoms with van der Waals surface area (Å²) in [6, 6.07) is 21.1. The fourth-order valence-corrected chi connectivity index (χ4v) is 11.0. The molecule has 1 fully saturated rings. The van der Waals surface area contributed by atoms with E-state index >= 15 is 0 Å². The van der Waals surface area contributed by atoms with Crippen LogP contribution < -0.4 is 10.4 Å². The van der Waals surface area contributed by atoms with Crippen LogP contribution in [0.1, 0.15) is 47.5 Å². The first-order chi connectivity index (χ1) is 14.2. The van der Waals surface area contributed by atoms with Crippen molar-refractivity contribution >= 4 is 35.3 Å². The molecule has 0 aliphatic carbocycles. The maximum Gasteiger partial charge on any atom is 0.261 e. The Labute approximate surface area is 184 Å². The van der Waals surface area contributed by atoms with Crippen LogP contribution in [0, 0.1) is 5.92 Å². The molecule has 0 saturated carbocycles. The minimum absolute atomic E-state index is 0.0679. The number of hydrogen-bond acceptors (Lipinski definition) is 3. The molecule has 0 spiro atoms. The number of benzene rings is 2. The molecule has 30 heavy (non-hydrogen) atoms. The second-order valence-electron chi connectivity index (χ2n) is 9.56. The van der Waals surface area contributed by atoms with Crippen LogP contribution in [0.4, 0.5) is 0 Å². The van der Waals surface area contributed by atoms with E-state index in [4.69, 9.17) is 4.43 Å². The smallest absolute Gasteiger partial charge is 0.261 e. The Bertz CT molecular complexity index is 835. The van der Waals surface area contributed by atoms with Crippen molar-refractivity contribution in [2.24, 2.45) is 5.92 Å². The van der Waals surface area contributed by atoms with E-state index in [1.54, 1.807) is 0 Å². The lowest BCUT2D eigenvalue weighted by Gasteiger charge is -2.46. The van der Waals surface area contributed by atoms with Crippen molar-refractivity contribution in [1.29, 1.82) is 0 Å². The van der Waals surface area contributed by atoms with Crippen LogP contribution in [0.2, 0.25) is 5.04 Å². The summed E-state index contributed by atoms with van der Waals surface area (Å²) >= 11 is 0. The molecule has 3 rings (SSSR count). The molecule has 1 aliphatic heterocycles. The van der Waals surface area contributed by atoms with Crippen LogP contribution in [-0.4, -0.2) is 35.4 Å². The Morgan fingerprint density at radius 1 is 1.00 bits per heavy atom. The summed E-state index contributed by atoms with van der Waals surface area (Å²) < 4.78 is 19.8. The molecule has 2 unspecified atom stereocenters. The predicted molar refractivity (Wildman–Crippen MR) is 128 cm³/mol. The molecule has 1 heterocycles. The largest absolute Gasteiger partial charge is 0.404 e. The molecule has 3 nitrogen and oxygen atoms in total. The molecule has 5 heteroatoms. The average Bonchev–Trinajstić information content (AvgIpc) is 2.73. The summed E-state index contributed by atoms with van der Waals surface area (Å²) in [7, 11) is -3.76. The van der Waals surface area contributed by atoms with Gasteiger partial charge in [0.2, 0.25) is 0 Å². The second-order valence-corrected chi connectivity index (χ2v) is 15.5. The number of hydrogen-bond donors (Lipinski definition) is 0. The number of carbonyl (C=O) groups excluding carboxylic acids is 1. The summed E-state index contributed by atoms with van der Waals surface area (Å²) in [6.45, 7) is 10.6. The van der Waals surface area contributed by atoms with E-state index in [2.05, 4.69) is 69.3 Å². The third-order valence-corrected chi connectivity index (χ3v) is 12.9. The van der Waals surface area contributed by atoms with Gasteiger partial charge in [0.15, 0.2) is 5.78 Å².